The van der Waals surface area contributed by atoms with Gasteiger partial charge in [-0.15, -0.1) is 0 Å². The Bertz CT molecular complexity index is 570. The summed E-state index contributed by atoms with van der Waals surface area (Å²) in [6, 6.07) is 4.17. The standard InChI is InChI=1S/C10H11F3N2O3S2/c11-10(12,13)7-1-3-8(4-2-7)15-9(19)14-5-6-20(16,17)18/h1-4H,5-6H2,(H2,14,15,19)(H,16,17,18). The van der Waals surface area contributed by atoms with Crippen molar-refractivity contribution in [1.29, 1.82) is 0 Å². The van der Waals surface area contributed by atoms with Crippen LogP contribution in [-0.4, -0.2) is 30.4 Å². The first kappa shape index (κ1) is 16.7. The van der Waals surface area contributed by atoms with Crippen LogP contribution >= 0.6 is 12.2 Å². The fourth-order valence-corrected chi connectivity index (χ4v) is 1.79. The molecule has 0 saturated heterocycles. The van der Waals surface area contributed by atoms with Crippen LogP contribution in [0, 0.1) is 0 Å². The molecule has 0 bridgehead atoms. The van der Waals surface area contributed by atoms with Gasteiger partial charge in [-0.25, -0.2) is 0 Å². The molecular formula is C10H11F3N2O3S2. The maximum Gasteiger partial charge on any atom is 0.416 e. The van der Waals surface area contributed by atoms with Gasteiger partial charge in [0.15, 0.2) is 5.11 Å². The third kappa shape index (κ3) is 6.17. The van der Waals surface area contributed by atoms with Crippen molar-refractivity contribution in [3.63, 3.8) is 0 Å². The topological polar surface area (TPSA) is 78.4 Å². The van der Waals surface area contributed by atoms with E-state index in [9.17, 15) is 21.6 Å². The smallest absolute Gasteiger partial charge is 0.361 e. The summed E-state index contributed by atoms with van der Waals surface area (Å²) in [4.78, 5) is 0. The molecule has 0 atom stereocenters. The molecule has 0 saturated carbocycles. The molecule has 0 aliphatic carbocycles. The van der Waals surface area contributed by atoms with Crippen molar-refractivity contribution in [2.45, 2.75) is 6.18 Å². The molecule has 0 amide bonds. The Labute approximate surface area is 118 Å². The first-order chi connectivity index (χ1) is 9.08. The minimum Gasteiger partial charge on any atom is -0.361 e. The van der Waals surface area contributed by atoms with Crippen LogP contribution in [0.4, 0.5) is 18.9 Å². The number of anilines is 1. The van der Waals surface area contributed by atoms with Gasteiger partial charge < -0.3 is 10.6 Å². The second-order valence-electron chi connectivity index (χ2n) is 3.74. The third-order valence-electron chi connectivity index (χ3n) is 2.12. The van der Waals surface area contributed by atoms with E-state index >= 15 is 0 Å². The Morgan fingerprint density at radius 2 is 1.80 bits per heavy atom. The molecule has 0 fully saturated rings. The largest absolute Gasteiger partial charge is 0.416 e. The minimum absolute atomic E-state index is 0.0356. The monoisotopic (exact) mass is 328 g/mol. The zero-order valence-corrected chi connectivity index (χ0v) is 11.6. The van der Waals surface area contributed by atoms with Crippen molar-refractivity contribution in [1.82, 2.24) is 5.32 Å². The molecule has 1 aromatic carbocycles. The van der Waals surface area contributed by atoms with E-state index in [2.05, 4.69) is 10.6 Å². The van der Waals surface area contributed by atoms with Gasteiger partial charge in [0.2, 0.25) is 0 Å². The van der Waals surface area contributed by atoms with E-state index in [1.165, 1.54) is 12.1 Å². The molecule has 0 unspecified atom stereocenters. The molecule has 0 heterocycles. The number of halogens is 3. The lowest BCUT2D eigenvalue weighted by molar-refractivity contribution is -0.137. The predicted molar refractivity (Wildman–Crippen MR) is 72.1 cm³/mol. The molecular weight excluding hydrogens is 317 g/mol. The van der Waals surface area contributed by atoms with Gasteiger partial charge in [0.25, 0.3) is 10.1 Å². The Kier molecular flexibility index (Phi) is 5.31. The van der Waals surface area contributed by atoms with Gasteiger partial charge in [-0.1, -0.05) is 0 Å². The molecule has 0 aliphatic rings. The zero-order valence-electron chi connectivity index (χ0n) is 9.94. The Balaban J connectivity index is 2.51. The van der Waals surface area contributed by atoms with Crippen molar-refractivity contribution in [2.24, 2.45) is 0 Å². The molecule has 0 radical (unpaired) electrons. The van der Waals surface area contributed by atoms with Crippen LogP contribution in [0.2, 0.25) is 0 Å². The number of benzene rings is 1. The SMILES string of the molecule is O=S(=O)(O)CCNC(=S)Nc1ccc(C(F)(F)F)cc1. The number of hydrogen-bond acceptors (Lipinski definition) is 3. The molecule has 0 aliphatic heterocycles. The Morgan fingerprint density at radius 1 is 1.25 bits per heavy atom. The van der Waals surface area contributed by atoms with E-state index in [0.717, 1.165) is 12.1 Å². The van der Waals surface area contributed by atoms with E-state index in [4.69, 9.17) is 16.8 Å². The average molecular weight is 328 g/mol. The highest BCUT2D eigenvalue weighted by molar-refractivity contribution is 7.85. The van der Waals surface area contributed by atoms with Gasteiger partial charge in [0, 0.05) is 12.2 Å². The van der Waals surface area contributed by atoms with Gasteiger partial charge in [0.1, 0.15) is 0 Å². The van der Waals surface area contributed by atoms with Crippen molar-refractivity contribution in [3.05, 3.63) is 29.8 Å². The van der Waals surface area contributed by atoms with E-state index in [-0.39, 0.29) is 11.7 Å². The lowest BCUT2D eigenvalue weighted by Crippen LogP contribution is -2.32. The van der Waals surface area contributed by atoms with Gasteiger partial charge >= 0.3 is 6.18 Å². The number of thiocarbonyl (C=S) groups is 1. The highest BCUT2D eigenvalue weighted by Gasteiger charge is 2.29. The fraction of sp³-hybridized carbons (Fsp3) is 0.300. The molecule has 10 heteroatoms. The van der Waals surface area contributed by atoms with E-state index in [1.54, 1.807) is 0 Å². The first-order valence-electron chi connectivity index (χ1n) is 5.25. The molecule has 0 spiro atoms. The summed E-state index contributed by atoms with van der Waals surface area (Å²) in [5, 5.41) is 5.11. The lowest BCUT2D eigenvalue weighted by atomic mass is 10.2. The molecule has 112 valence electrons. The van der Waals surface area contributed by atoms with E-state index in [1.807, 2.05) is 0 Å². The molecule has 3 N–H and O–H groups in total. The number of nitrogens with one attached hydrogen (secondary N) is 2. The van der Waals surface area contributed by atoms with E-state index < -0.39 is 27.6 Å². The molecule has 0 aromatic heterocycles. The first-order valence-corrected chi connectivity index (χ1v) is 7.27. The molecule has 1 aromatic rings. The van der Waals surface area contributed by atoms with Gasteiger partial charge in [-0.3, -0.25) is 4.55 Å². The minimum atomic E-state index is -4.41. The maximum atomic E-state index is 12.3. The Morgan fingerprint density at radius 3 is 2.25 bits per heavy atom. The van der Waals surface area contributed by atoms with Crippen molar-refractivity contribution >= 4 is 33.1 Å². The summed E-state index contributed by atoms with van der Waals surface area (Å²) >= 11 is 4.81. The predicted octanol–water partition coefficient (Wildman–Crippen LogP) is 1.88. The normalized spacial score (nSPS) is 12.0. The summed E-state index contributed by atoms with van der Waals surface area (Å²) in [7, 11) is -4.09. The van der Waals surface area contributed by atoms with Gasteiger partial charge in [-0.2, -0.15) is 21.6 Å². The summed E-state index contributed by atoms with van der Waals surface area (Å²) < 4.78 is 66.3. The van der Waals surface area contributed by atoms with Gasteiger partial charge in [-0.05, 0) is 36.5 Å². The average Bonchev–Trinajstić information content (AvgIpc) is 2.26. The lowest BCUT2D eigenvalue weighted by Gasteiger charge is -2.11. The molecule has 5 nitrogen and oxygen atoms in total. The zero-order chi connectivity index (χ0) is 15.4. The summed E-state index contributed by atoms with van der Waals surface area (Å²) in [5.41, 5.74) is -0.462. The second-order valence-corrected chi connectivity index (χ2v) is 5.72. The van der Waals surface area contributed by atoms with E-state index in [0.29, 0.717) is 5.69 Å². The molecule has 1 rings (SSSR count). The summed E-state index contributed by atoms with van der Waals surface area (Å²) in [5.74, 6) is -0.526. The fourth-order valence-electron chi connectivity index (χ4n) is 1.21. The van der Waals surface area contributed by atoms with Crippen LogP contribution in [0.1, 0.15) is 5.56 Å². The van der Waals surface area contributed by atoms with Crippen molar-refractivity contribution in [2.75, 3.05) is 17.6 Å². The van der Waals surface area contributed by atoms with Crippen molar-refractivity contribution < 1.29 is 26.1 Å². The maximum absolute atomic E-state index is 12.3. The number of hydrogen-bond donors (Lipinski definition) is 3. The van der Waals surface area contributed by atoms with Crippen LogP contribution in [0.3, 0.4) is 0 Å². The van der Waals surface area contributed by atoms with Crippen LogP contribution in [0.5, 0.6) is 0 Å². The summed E-state index contributed by atoms with van der Waals surface area (Å²) in [6.07, 6.45) is -4.41. The summed E-state index contributed by atoms with van der Waals surface area (Å²) in [6.45, 7) is -0.120. The van der Waals surface area contributed by atoms with Gasteiger partial charge in [0.05, 0.1) is 11.3 Å². The van der Waals surface area contributed by atoms with Crippen LogP contribution < -0.4 is 10.6 Å². The van der Waals surface area contributed by atoms with Crippen molar-refractivity contribution in [3.8, 4) is 0 Å². The molecule has 20 heavy (non-hydrogen) atoms. The Hall–Kier alpha value is -1.39. The highest BCUT2D eigenvalue weighted by Crippen LogP contribution is 2.29. The second kappa shape index (κ2) is 6.37. The number of alkyl halides is 3. The number of rotatable bonds is 4. The highest BCUT2D eigenvalue weighted by atomic mass is 32.2. The quantitative estimate of drug-likeness (QED) is 0.579. The van der Waals surface area contributed by atoms with Crippen LogP contribution in [0.15, 0.2) is 24.3 Å². The van der Waals surface area contributed by atoms with Crippen LogP contribution in [0.25, 0.3) is 0 Å². The van der Waals surface area contributed by atoms with Crippen LogP contribution in [-0.2, 0) is 16.3 Å². The third-order valence-corrected chi connectivity index (χ3v) is 3.08.